The fourth-order valence-corrected chi connectivity index (χ4v) is 2.00. The maximum Gasteiger partial charge on any atom is 0.346 e. The molecule has 0 fully saturated rings. The predicted molar refractivity (Wildman–Crippen MR) is 52.1 cm³/mol. The molecule has 0 unspecified atom stereocenters. The minimum atomic E-state index is -1.21. The first-order valence-electron chi connectivity index (χ1n) is 3.75. The second-order valence-electron chi connectivity index (χ2n) is 2.57. The van der Waals surface area contributed by atoms with Gasteiger partial charge in [0.1, 0.15) is 4.88 Å². The van der Waals surface area contributed by atoms with Gasteiger partial charge in [-0.25, -0.2) is 9.59 Å². The van der Waals surface area contributed by atoms with E-state index in [1.165, 1.54) is 5.38 Å². The average molecular weight is 212 g/mol. The highest BCUT2D eigenvalue weighted by molar-refractivity contribution is 7.12. The number of thiophene rings is 1. The molecule has 0 radical (unpaired) electrons. The highest BCUT2D eigenvalue weighted by atomic mass is 32.1. The van der Waals surface area contributed by atoms with Crippen LogP contribution in [-0.2, 0) is 6.42 Å². The number of rotatable bonds is 4. The third-order valence-corrected chi connectivity index (χ3v) is 2.66. The average Bonchev–Trinajstić information content (AvgIpc) is 2.48. The fourth-order valence-electron chi connectivity index (χ4n) is 1.09. The Morgan fingerprint density at radius 2 is 2.07 bits per heavy atom. The first kappa shape index (κ1) is 10.5. The first-order chi connectivity index (χ1) is 6.57. The normalized spacial score (nSPS) is 9.71. The van der Waals surface area contributed by atoms with E-state index in [-0.39, 0.29) is 10.4 Å². The Kier molecular flexibility index (Phi) is 3.03. The Hall–Kier alpha value is -1.62. The fraction of sp³-hybridized carbons (Fsp3) is 0.111. The minimum absolute atomic E-state index is 0.123. The Morgan fingerprint density at radius 3 is 2.50 bits per heavy atom. The van der Waals surface area contributed by atoms with Crippen LogP contribution >= 0.6 is 11.3 Å². The van der Waals surface area contributed by atoms with Gasteiger partial charge in [0.15, 0.2) is 0 Å². The van der Waals surface area contributed by atoms with Crippen LogP contribution in [0.3, 0.4) is 0 Å². The van der Waals surface area contributed by atoms with E-state index in [2.05, 4.69) is 6.58 Å². The summed E-state index contributed by atoms with van der Waals surface area (Å²) in [4.78, 5) is 21.3. The van der Waals surface area contributed by atoms with E-state index in [1.807, 2.05) is 0 Å². The van der Waals surface area contributed by atoms with E-state index in [0.717, 1.165) is 11.3 Å². The molecule has 0 bridgehead atoms. The molecule has 0 aliphatic heterocycles. The number of hydrogen-bond donors (Lipinski definition) is 2. The van der Waals surface area contributed by atoms with Gasteiger partial charge in [0.05, 0.1) is 5.56 Å². The van der Waals surface area contributed by atoms with Crippen molar-refractivity contribution in [1.29, 1.82) is 0 Å². The molecule has 0 amide bonds. The van der Waals surface area contributed by atoms with Crippen LogP contribution in [0.4, 0.5) is 0 Å². The lowest BCUT2D eigenvalue weighted by Crippen LogP contribution is -2.06. The van der Waals surface area contributed by atoms with E-state index < -0.39 is 11.9 Å². The van der Waals surface area contributed by atoms with Crippen LogP contribution in [0.5, 0.6) is 0 Å². The van der Waals surface area contributed by atoms with Crippen molar-refractivity contribution >= 4 is 23.3 Å². The second kappa shape index (κ2) is 4.06. The maximum absolute atomic E-state index is 10.8. The predicted octanol–water partition coefficient (Wildman–Crippen LogP) is 1.87. The smallest absolute Gasteiger partial charge is 0.346 e. The second-order valence-corrected chi connectivity index (χ2v) is 3.45. The summed E-state index contributed by atoms with van der Waals surface area (Å²) in [6, 6.07) is 0. The SMILES string of the molecule is C=CCc1csc(C(=O)O)c1C(=O)O. The van der Waals surface area contributed by atoms with Crippen molar-refractivity contribution in [3.63, 3.8) is 0 Å². The molecular formula is C9H8O4S. The molecule has 0 aromatic carbocycles. The molecule has 1 aromatic heterocycles. The Morgan fingerprint density at radius 1 is 1.43 bits per heavy atom. The number of carbonyl (C=O) groups is 2. The van der Waals surface area contributed by atoms with Crippen molar-refractivity contribution in [3.8, 4) is 0 Å². The van der Waals surface area contributed by atoms with Gasteiger partial charge in [-0.05, 0) is 17.4 Å². The molecule has 0 saturated heterocycles. The Labute approximate surface area is 84.1 Å². The molecule has 5 heteroatoms. The van der Waals surface area contributed by atoms with Gasteiger partial charge in [0.25, 0.3) is 0 Å². The number of carboxylic acids is 2. The van der Waals surface area contributed by atoms with Crippen LogP contribution in [0.1, 0.15) is 25.6 Å². The zero-order chi connectivity index (χ0) is 10.7. The first-order valence-corrected chi connectivity index (χ1v) is 4.63. The summed E-state index contributed by atoms with van der Waals surface area (Å²) < 4.78 is 0. The molecular weight excluding hydrogens is 204 g/mol. The highest BCUT2D eigenvalue weighted by Gasteiger charge is 2.21. The Bertz CT molecular complexity index is 392. The maximum atomic E-state index is 10.8. The molecule has 14 heavy (non-hydrogen) atoms. The largest absolute Gasteiger partial charge is 0.478 e. The third kappa shape index (κ3) is 1.82. The molecule has 0 atom stereocenters. The number of aromatic carboxylic acids is 2. The summed E-state index contributed by atoms with van der Waals surface area (Å²) in [6.45, 7) is 3.47. The van der Waals surface area contributed by atoms with Crippen molar-refractivity contribution < 1.29 is 19.8 Å². The van der Waals surface area contributed by atoms with Crippen LogP contribution in [0.15, 0.2) is 18.0 Å². The van der Waals surface area contributed by atoms with E-state index >= 15 is 0 Å². The lowest BCUT2D eigenvalue weighted by Gasteiger charge is -1.96. The molecule has 1 heterocycles. The van der Waals surface area contributed by atoms with Crippen LogP contribution in [0.2, 0.25) is 0 Å². The van der Waals surface area contributed by atoms with E-state index in [1.54, 1.807) is 6.08 Å². The third-order valence-electron chi connectivity index (χ3n) is 1.64. The number of hydrogen-bond acceptors (Lipinski definition) is 3. The quantitative estimate of drug-likeness (QED) is 0.747. The molecule has 4 nitrogen and oxygen atoms in total. The molecule has 0 aliphatic carbocycles. The van der Waals surface area contributed by atoms with Crippen molar-refractivity contribution in [2.24, 2.45) is 0 Å². The number of carboxylic acid groups (broad SMARTS) is 2. The van der Waals surface area contributed by atoms with Crippen LogP contribution in [-0.4, -0.2) is 22.2 Å². The minimum Gasteiger partial charge on any atom is -0.478 e. The standard InChI is InChI=1S/C9H8O4S/c1-2-3-5-4-14-7(9(12)13)6(5)8(10)11/h2,4H,1,3H2,(H,10,11)(H,12,13). The van der Waals surface area contributed by atoms with Gasteiger partial charge in [-0.3, -0.25) is 0 Å². The van der Waals surface area contributed by atoms with Gasteiger partial charge in [0.2, 0.25) is 0 Å². The molecule has 74 valence electrons. The van der Waals surface area contributed by atoms with Crippen molar-refractivity contribution in [2.45, 2.75) is 6.42 Å². The molecule has 0 saturated carbocycles. The molecule has 0 spiro atoms. The Balaban J connectivity index is 3.26. The van der Waals surface area contributed by atoms with E-state index in [4.69, 9.17) is 10.2 Å². The molecule has 1 rings (SSSR count). The van der Waals surface area contributed by atoms with Crippen molar-refractivity contribution in [3.05, 3.63) is 34.0 Å². The van der Waals surface area contributed by atoms with Gasteiger partial charge < -0.3 is 10.2 Å². The number of allylic oxidation sites excluding steroid dienone is 1. The zero-order valence-electron chi connectivity index (χ0n) is 7.19. The summed E-state index contributed by atoms with van der Waals surface area (Å²) in [5.74, 6) is -2.41. The van der Waals surface area contributed by atoms with Gasteiger partial charge in [-0.15, -0.1) is 17.9 Å². The topological polar surface area (TPSA) is 74.6 Å². The van der Waals surface area contributed by atoms with Crippen molar-refractivity contribution in [2.75, 3.05) is 0 Å². The van der Waals surface area contributed by atoms with Crippen LogP contribution in [0.25, 0.3) is 0 Å². The van der Waals surface area contributed by atoms with Gasteiger partial charge in [0, 0.05) is 0 Å². The monoisotopic (exact) mass is 212 g/mol. The van der Waals surface area contributed by atoms with Crippen LogP contribution in [0, 0.1) is 0 Å². The van der Waals surface area contributed by atoms with Gasteiger partial charge in [-0.1, -0.05) is 6.08 Å². The van der Waals surface area contributed by atoms with E-state index in [0.29, 0.717) is 12.0 Å². The van der Waals surface area contributed by atoms with Crippen LogP contribution < -0.4 is 0 Å². The summed E-state index contributed by atoms with van der Waals surface area (Å²) in [7, 11) is 0. The van der Waals surface area contributed by atoms with Gasteiger partial charge in [-0.2, -0.15) is 0 Å². The highest BCUT2D eigenvalue weighted by Crippen LogP contribution is 2.23. The molecule has 0 aliphatic rings. The van der Waals surface area contributed by atoms with Gasteiger partial charge >= 0.3 is 11.9 Å². The zero-order valence-corrected chi connectivity index (χ0v) is 8.00. The summed E-state index contributed by atoms with van der Waals surface area (Å²) in [6.07, 6.45) is 1.91. The summed E-state index contributed by atoms with van der Waals surface area (Å²) in [5.41, 5.74) is 0.373. The summed E-state index contributed by atoms with van der Waals surface area (Å²) in [5, 5.41) is 19.1. The molecule has 1 aromatic rings. The van der Waals surface area contributed by atoms with E-state index in [9.17, 15) is 9.59 Å². The lowest BCUT2D eigenvalue weighted by molar-refractivity contribution is 0.0655. The summed E-state index contributed by atoms with van der Waals surface area (Å²) >= 11 is 0.924. The van der Waals surface area contributed by atoms with Crippen molar-refractivity contribution in [1.82, 2.24) is 0 Å². The molecule has 2 N–H and O–H groups in total. The lowest BCUT2D eigenvalue weighted by atomic mass is 10.1.